The highest BCUT2D eigenvalue weighted by atomic mass is 32.2. The summed E-state index contributed by atoms with van der Waals surface area (Å²) in [5.74, 6) is 5.49. The fourth-order valence-corrected chi connectivity index (χ4v) is 4.20. The van der Waals surface area contributed by atoms with Crippen molar-refractivity contribution in [3.05, 3.63) is 78.1 Å². The highest BCUT2D eigenvalue weighted by Gasteiger charge is 2.18. The van der Waals surface area contributed by atoms with Crippen molar-refractivity contribution in [3.63, 3.8) is 0 Å². The number of nitrogens with two attached hydrogens (primary N) is 2. The third-order valence-corrected chi connectivity index (χ3v) is 5.67. The number of pyridine rings is 1. The standard InChI is InChI=1S/C24H28N6OS/c1-24(2,3)32-21-9-8-17(18-6-4-5-7-19(18)23(25)29-30-26)15-20(21)28-22(31)14-16-10-12-27-13-11-16/h4-13,15,30H,14,26H2,1-3H3,(H2,25,29)(H,28,31). The van der Waals surface area contributed by atoms with Crippen LogP contribution in [0.3, 0.4) is 0 Å². The number of thioether (sulfide) groups is 1. The Kier molecular flexibility index (Phi) is 7.50. The summed E-state index contributed by atoms with van der Waals surface area (Å²) in [5, 5.41) is 7.00. The number of nitrogens with zero attached hydrogens (tertiary/aromatic N) is 2. The van der Waals surface area contributed by atoms with E-state index in [9.17, 15) is 4.79 Å². The van der Waals surface area contributed by atoms with Gasteiger partial charge in [0.15, 0.2) is 5.84 Å². The van der Waals surface area contributed by atoms with Crippen LogP contribution in [0.2, 0.25) is 0 Å². The molecule has 7 nitrogen and oxygen atoms in total. The highest BCUT2D eigenvalue weighted by Crippen LogP contribution is 2.39. The largest absolute Gasteiger partial charge is 0.382 e. The average molecular weight is 449 g/mol. The maximum atomic E-state index is 12.8. The number of carbonyl (C=O) groups is 1. The Morgan fingerprint density at radius 3 is 2.50 bits per heavy atom. The lowest BCUT2D eigenvalue weighted by molar-refractivity contribution is -0.115. The summed E-state index contributed by atoms with van der Waals surface area (Å²) >= 11 is 1.70. The summed E-state index contributed by atoms with van der Waals surface area (Å²) in [7, 11) is 0. The first-order valence-corrected chi connectivity index (χ1v) is 11.0. The lowest BCUT2D eigenvalue weighted by atomic mass is 9.98. The molecule has 8 heteroatoms. The van der Waals surface area contributed by atoms with Gasteiger partial charge >= 0.3 is 0 Å². The number of hydrogen-bond acceptors (Lipinski definition) is 6. The first-order chi connectivity index (χ1) is 15.3. The van der Waals surface area contributed by atoms with Crippen molar-refractivity contribution in [1.29, 1.82) is 0 Å². The van der Waals surface area contributed by atoms with Gasteiger partial charge in [-0.15, -0.1) is 16.9 Å². The van der Waals surface area contributed by atoms with Crippen molar-refractivity contribution in [2.24, 2.45) is 16.7 Å². The molecule has 0 radical (unpaired) electrons. The molecule has 0 atom stereocenters. The number of rotatable bonds is 7. The quantitative estimate of drug-likeness (QED) is 0.143. The van der Waals surface area contributed by atoms with E-state index in [1.54, 1.807) is 24.2 Å². The van der Waals surface area contributed by atoms with Gasteiger partial charge in [0.05, 0.1) is 12.1 Å². The number of nitrogens with one attached hydrogen (secondary N) is 2. The zero-order valence-electron chi connectivity index (χ0n) is 18.4. The number of amides is 1. The van der Waals surface area contributed by atoms with E-state index >= 15 is 0 Å². The van der Waals surface area contributed by atoms with Gasteiger partial charge in [-0.3, -0.25) is 9.78 Å². The molecular formula is C24H28N6OS. The van der Waals surface area contributed by atoms with Crippen molar-refractivity contribution in [2.45, 2.75) is 36.8 Å². The predicted octanol–water partition coefficient (Wildman–Crippen LogP) is 3.90. The maximum absolute atomic E-state index is 12.8. The molecule has 0 saturated heterocycles. The van der Waals surface area contributed by atoms with Gasteiger partial charge in [0.1, 0.15) is 0 Å². The smallest absolute Gasteiger partial charge is 0.228 e. The molecule has 1 aromatic heterocycles. The van der Waals surface area contributed by atoms with E-state index in [1.165, 1.54) is 0 Å². The van der Waals surface area contributed by atoms with Crippen LogP contribution in [0.25, 0.3) is 11.1 Å². The van der Waals surface area contributed by atoms with Crippen molar-refractivity contribution in [3.8, 4) is 11.1 Å². The van der Waals surface area contributed by atoms with Gasteiger partial charge in [-0.25, -0.2) is 11.4 Å². The third-order valence-electron chi connectivity index (χ3n) is 4.48. The normalized spacial score (nSPS) is 11.8. The lowest BCUT2D eigenvalue weighted by Gasteiger charge is -2.21. The molecule has 32 heavy (non-hydrogen) atoms. The Balaban J connectivity index is 1.99. The van der Waals surface area contributed by atoms with Crippen LogP contribution < -0.4 is 22.4 Å². The number of benzene rings is 2. The van der Waals surface area contributed by atoms with Gasteiger partial charge in [-0.05, 0) is 41.0 Å². The molecule has 6 N–H and O–H groups in total. The molecule has 0 bridgehead atoms. The molecule has 0 aliphatic rings. The van der Waals surface area contributed by atoms with E-state index in [-0.39, 0.29) is 22.9 Å². The van der Waals surface area contributed by atoms with Crippen LogP contribution in [0.15, 0.2) is 77.0 Å². The predicted molar refractivity (Wildman–Crippen MR) is 132 cm³/mol. The Bertz CT molecular complexity index is 1110. The molecule has 0 saturated carbocycles. The minimum absolute atomic E-state index is 0.0200. The Morgan fingerprint density at radius 2 is 1.81 bits per heavy atom. The van der Waals surface area contributed by atoms with Crippen LogP contribution in [-0.2, 0) is 11.2 Å². The van der Waals surface area contributed by atoms with Crippen LogP contribution >= 0.6 is 11.8 Å². The third kappa shape index (κ3) is 6.32. The zero-order valence-corrected chi connectivity index (χ0v) is 19.2. The summed E-state index contributed by atoms with van der Waals surface area (Å²) in [6.07, 6.45) is 3.64. The van der Waals surface area contributed by atoms with Crippen molar-refractivity contribution >= 4 is 29.2 Å². The molecule has 0 spiro atoms. The second-order valence-electron chi connectivity index (χ2n) is 8.18. The number of hydrazine groups is 1. The lowest BCUT2D eigenvalue weighted by Crippen LogP contribution is -2.23. The van der Waals surface area contributed by atoms with Crippen LogP contribution in [0.4, 0.5) is 5.69 Å². The zero-order chi connectivity index (χ0) is 23.1. The fourth-order valence-electron chi connectivity index (χ4n) is 3.18. The molecule has 2 aromatic carbocycles. The summed E-state index contributed by atoms with van der Waals surface area (Å²) in [4.78, 5) is 17.8. The molecule has 0 aliphatic heterocycles. The number of amidine groups is 1. The molecule has 0 unspecified atom stereocenters. The molecule has 3 aromatic rings. The first kappa shape index (κ1) is 23.3. The van der Waals surface area contributed by atoms with Gasteiger partial charge in [0, 0.05) is 27.6 Å². The highest BCUT2D eigenvalue weighted by molar-refractivity contribution is 8.00. The monoisotopic (exact) mass is 448 g/mol. The van der Waals surface area contributed by atoms with E-state index in [0.29, 0.717) is 0 Å². The summed E-state index contributed by atoms with van der Waals surface area (Å²) < 4.78 is -0.0200. The van der Waals surface area contributed by atoms with Crippen molar-refractivity contribution in [2.75, 3.05) is 5.32 Å². The molecule has 3 rings (SSSR count). The van der Waals surface area contributed by atoms with Gasteiger partial charge < -0.3 is 11.1 Å². The molecule has 0 fully saturated rings. The number of hydrogen-bond donors (Lipinski definition) is 4. The van der Waals surface area contributed by atoms with E-state index < -0.39 is 0 Å². The number of anilines is 1. The number of hydrazone groups is 1. The Labute approximate surface area is 192 Å². The molecule has 1 heterocycles. The fraction of sp³-hybridized carbons (Fsp3) is 0.208. The van der Waals surface area contributed by atoms with Gasteiger partial charge in [-0.1, -0.05) is 51.1 Å². The minimum atomic E-state index is -0.0918. The molecule has 166 valence electrons. The molecular weight excluding hydrogens is 420 g/mol. The van der Waals surface area contributed by atoms with Crippen LogP contribution in [0.1, 0.15) is 31.9 Å². The summed E-state index contributed by atoms with van der Waals surface area (Å²) in [6, 6.07) is 17.4. The number of carbonyl (C=O) groups excluding carboxylic acids is 1. The summed E-state index contributed by atoms with van der Waals surface area (Å²) in [5.41, 5.74) is 12.5. The van der Waals surface area contributed by atoms with E-state index in [1.807, 2.05) is 54.6 Å². The van der Waals surface area contributed by atoms with Crippen LogP contribution in [-0.4, -0.2) is 21.5 Å². The minimum Gasteiger partial charge on any atom is -0.382 e. The average Bonchev–Trinajstić information content (AvgIpc) is 2.75. The summed E-state index contributed by atoms with van der Waals surface area (Å²) in [6.45, 7) is 6.42. The first-order valence-electron chi connectivity index (χ1n) is 10.2. The SMILES string of the molecule is CC(C)(C)Sc1ccc(-c2ccccc2/C(N)=N/NN)cc1NC(=O)Cc1ccncc1. The van der Waals surface area contributed by atoms with E-state index in [0.717, 1.165) is 32.8 Å². The molecule has 0 aliphatic carbocycles. The van der Waals surface area contributed by atoms with Crippen LogP contribution in [0, 0.1) is 0 Å². The van der Waals surface area contributed by atoms with Gasteiger partial charge in [0.25, 0.3) is 0 Å². The Morgan fingerprint density at radius 1 is 1.09 bits per heavy atom. The van der Waals surface area contributed by atoms with Gasteiger partial charge in [0.2, 0.25) is 5.91 Å². The van der Waals surface area contributed by atoms with Crippen LogP contribution in [0.5, 0.6) is 0 Å². The van der Waals surface area contributed by atoms with E-state index in [2.05, 4.69) is 41.7 Å². The molecule has 1 amide bonds. The maximum Gasteiger partial charge on any atom is 0.228 e. The van der Waals surface area contributed by atoms with Crippen molar-refractivity contribution in [1.82, 2.24) is 10.5 Å². The van der Waals surface area contributed by atoms with Gasteiger partial charge in [-0.2, -0.15) is 0 Å². The van der Waals surface area contributed by atoms with E-state index in [4.69, 9.17) is 11.6 Å². The topological polar surface area (TPSA) is 118 Å². The second-order valence-corrected chi connectivity index (χ2v) is 10.0. The van der Waals surface area contributed by atoms with Crippen molar-refractivity contribution < 1.29 is 4.79 Å². The Hall–Kier alpha value is -3.36. The number of aromatic nitrogens is 1. The second kappa shape index (κ2) is 10.3.